The van der Waals surface area contributed by atoms with Crippen LogP contribution < -0.4 is 15.1 Å². The van der Waals surface area contributed by atoms with Crippen LogP contribution in [0.15, 0.2) is 54.6 Å². The van der Waals surface area contributed by atoms with Crippen molar-refractivity contribution in [1.82, 2.24) is 5.32 Å². The smallest absolute Gasteiger partial charge is 0.323 e. The van der Waals surface area contributed by atoms with E-state index in [1.165, 1.54) is 4.90 Å². The molecule has 2 aromatic carbocycles. The molecule has 7 nitrogen and oxygen atoms in total. The first kappa shape index (κ1) is 19.4. The van der Waals surface area contributed by atoms with E-state index in [1.807, 2.05) is 30.3 Å². The predicted octanol–water partition coefficient (Wildman–Crippen LogP) is 2.02. The number of carbonyl (C=O) groups excluding carboxylic acids is 2. The second-order valence-electron chi connectivity index (χ2n) is 6.68. The second-order valence-corrected chi connectivity index (χ2v) is 6.68. The molecule has 0 unspecified atom stereocenters. The predicted molar refractivity (Wildman–Crippen MR) is 106 cm³/mol. The SMILES string of the molecule is O=C(O)CN(CC(=O)NCc1ccc(N2CCCC2=O)cc1)c1ccccc1. The number of carbonyl (C=O) groups is 3. The van der Waals surface area contributed by atoms with E-state index >= 15 is 0 Å². The number of anilines is 2. The highest BCUT2D eigenvalue weighted by Gasteiger charge is 2.21. The summed E-state index contributed by atoms with van der Waals surface area (Å²) >= 11 is 0. The van der Waals surface area contributed by atoms with Gasteiger partial charge in [0.2, 0.25) is 11.8 Å². The van der Waals surface area contributed by atoms with Crippen molar-refractivity contribution in [2.75, 3.05) is 29.4 Å². The van der Waals surface area contributed by atoms with E-state index in [0.717, 1.165) is 24.2 Å². The summed E-state index contributed by atoms with van der Waals surface area (Å²) in [6, 6.07) is 16.5. The van der Waals surface area contributed by atoms with Crippen LogP contribution in [0.2, 0.25) is 0 Å². The third kappa shape index (κ3) is 5.09. The molecule has 2 N–H and O–H groups in total. The van der Waals surface area contributed by atoms with Crippen molar-refractivity contribution in [2.24, 2.45) is 0 Å². The van der Waals surface area contributed by atoms with Gasteiger partial charge in [0.05, 0.1) is 6.54 Å². The average Bonchev–Trinajstić information content (AvgIpc) is 3.12. The van der Waals surface area contributed by atoms with Crippen LogP contribution in [0.25, 0.3) is 0 Å². The molecule has 1 saturated heterocycles. The molecule has 0 saturated carbocycles. The quantitative estimate of drug-likeness (QED) is 0.730. The van der Waals surface area contributed by atoms with Gasteiger partial charge < -0.3 is 20.2 Å². The molecule has 0 aromatic heterocycles. The summed E-state index contributed by atoms with van der Waals surface area (Å²) < 4.78 is 0. The molecular weight excluding hydrogens is 358 g/mol. The highest BCUT2D eigenvalue weighted by Crippen LogP contribution is 2.21. The van der Waals surface area contributed by atoms with E-state index in [2.05, 4.69) is 5.32 Å². The molecule has 0 spiro atoms. The van der Waals surface area contributed by atoms with Crippen LogP contribution in [0.4, 0.5) is 11.4 Å². The monoisotopic (exact) mass is 381 g/mol. The number of benzene rings is 2. The second kappa shape index (κ2) is 9.03. The van der Waals surface area contributed by atoms with Gasteiger partial charge in [-0.25, -0.2) is 0 Å². The van der Waals surface area contributed by atoms with E-state index in [-0.39, 0.29) is 24.9 Å². The van der Waals surface area contributed by atoms with E-state index in [9.17, 15) is 14.4 Å². The molecule has 7 heteroatoms. The largest absolute Gasteiger partial charge is 0.480 e. The van der Waals surface area contributed by atoms with E-state index in [4.69, 9.17) is 5.11 Å². The number of rotatable bonds is 8. The summed E-state index contributed by atoms with van der Waals surface area (Å²) in [4.78, 5) is 38.5. The molecule has 1 aliphatic rings. The summed E-state index contributed by atoms with van der Waals surface area (Å²) in [7, 11) is 0. The zero-order valence-electron chi connectivity index (χ0n) is 15.5. The van der Waals surface area contributed by atoms with Crippen LogP contribution in [-0.4, -0.2) is 42.5 Å². The Balaban J connectivity index is 1.55. The fraction of sp³-hybridized carbons (Fsp3) is 0.286. The Kier molecular flexibility index (Phi) is 6.26. The number of para-hydroxylation sites is 1. The Morgan fingerprint density at radius 3 is 2.36 bits per heavy atom. The molecule has 1 heterocycles. The number of nitrogens with one attached hydrogen (secondary N) is 1. The van der Waals surface area contributed by atoms with Crippen molar-refractivity contribution in [2.45, 2.75) is 19.4 Å². The van der Waals surface area contributed by atoms with Crippen molar-refractivity contribution < 1.29 is 19.5 Å². The number of aliphatic carboxylic acids is 1. The number of amides is 2. The Morgan fingerprint density at radius 1 is 1.04 bits per heavy atom. The van der Waals surface area contributed by atoms with Crippen molar-refractivity contribution >= 4 is 29.2 Å². The summed E-state index contributed by atoms with van der Waals surface area (Å²) in [5.74, 6) is -1.12. The van der Waals surface area contributed by atoms with Gasteiger partial charge in [0.1, 0.15) is 6.54 Å². The highest BCUT2D eigenvalue weighted by molar-refractivity contribution is 5.95. The zero-order chi connectivity index (χ0) is 19.9. The minimum absolute atomic E-state index is 0.0450. The van der Waals surface area contributed by atoms with Crippen molar-refractivity contribution in [3.8, 4) is 0 Å². The van der Waals surface area contributed by atoms with E-state index in [1.54, 1.807) is 29.2 Å². The maximum Gasteiger partial charge on any atom is 0.323 e. The van der Waals surface area contributed by atoms with Gasteiger partial charge in [-0.15, -0.1) is 0 Å². The fourth-order valence-corrected chi connectivity index (χ4v) is 3.19. The summed E-state index contributed by atoms with van der Waals surface area (Å²) in [6.45, 7) is 0.781. The van der Waals surface area contributed by atoms with E-state index in [0.29, 0.717) is 18.7 Å². The van der Waals surface area contributed by atoms with Crippen molar-refractivity contribution in [3.05, 3.63) is 60.2 Å². The first-order valence-corrected chi connectivity index (χ1v) is 9.21. The number of carboxylic acid groups (broad SMARTS) is 1. The van der Waals surface area contributed by atoms with Crippen LogP contribution in [0, 0.1) is 0 Å². The summed E-state index contributed by atoms with van der Waals surface area (Å²) in [5, 5.41) is 11.9. The van der Waals surface area contributed by atoms with Crippen LogP contribution >= 0.6 is 0 Å². The van der Waals surface area contributed by atoms with Crippen LogP contribution in [-0.2, 0) is 20.9 Å². The van der Waals surface area contributed by atoms with E-state index < -0.39 is 5.97 Å². The van der Waals surface area contributed by atoms with Gasteiger partial charge in [-0.05, 0) is 36.2 Å². The Morgan fingerprint density at radius 2 is 1.75 bits per heavy atom. The first-order chi connectivity index (χ1) is 13.5. The Hall–Kier alpha value is -3.35. The third-order valence-corrected chi connectivity index (χ3v) is 4.59. The first-order valence-electron chi connectivity index (χ1n) is 9.21. The average molecular weight is 381 g/mol. The minimum atomic E-state index is -0.997. The molecule has 3 rings (SSSR count). The molecule has 0 bridgehead atoms. The molecule has 0 aliphatic carbocycles. The van der Waals surface area contributed by atoms with Crippen LogP contribution in [0.1, 0.15) is 18.4 Å². The normalized spacial score (nSPS) is 13.4. The van der Waals surface area contributed by atoms with Gasteiger partial charge in [0.25, 0.3) is 0 Å². The van der Waals surface area contributed by atoms with Gasteiger partial charge in [-0.2, -0.15) is 0 Å². The lowest BCUT2D eigenvalue weighted by atomic mass is 10.2. The molecule has 2 amide bonds. The molecule has 0 atom stereocenters. The standard InChI is InChI=1S/C21H23N3O4/c25-19(14-23(15-21(27)28)17-5-2-1-3-6-17)22-13-16-8-10-18(11-9-16)24-12-4-7-20(24)26/h1-3,5-6,8-11H,4,7,12-15H2,(H,22,25)(H,27,28). The summed E-state index contributed by atoms with van der Waals surface area (Å²) in [6.07, 6.45) is 1.47. The third-order valence-electron chi connectivity index (χ3n) is 4.59. The summed E-state index contributed by atoms with van der Waals surface area (Å²) in [5.41, 5.74) is 2.46. The van der Waals surface area contributed by atoms with Gasteiger partial charge in [0.15, 0.2) is 0 Å². The number of nitrogens with zero attached hydrogens (tertiary/aromatic N) is 2. The Labute approximate surface area is 163 Å². The van der Waals surface area contributed by atoms with Gasteiger partial charge in [-0.1, -0.05) is 30.3 Å². The molecule has 1 aliphatic heterocycles. The number of carboxylic acids is 1. The zero-order valence-corrected chi connectivity index (χ0v) is 15.5. The molecular formula is C21H23N3O4. The molecule has 1 fully saturated rings. The fourth-order valence-electron chi connectivity index (χ4n) is 3.19. The lowest BCUT2D eigenvalue weighted by molar-refractivity contribution is -0.135. The maximum atomic E-state index is 12.3. The lowest BCUT2D eigenvalue weighted by Crippen LogP contribution is -2.39. The molecule has 0 radical (unpaired) electrons. The number of hydrogen-bond acceptors (Lipinski definition) is 4. The van der Waals surface area contributed by atoms with Gasteiger partial charge in [0, 0.05) is 30.9 Å². The molecule has 2 aromatic rings. The Bertz CT molecular complexity index is 836. The van der Waals surface area contributed by atoms with Crippen molar-refractivity contribution in [1.29, 1.82) is 0 Å². The maximum absolute atomic E-state index is 12.3. The number of hydrogen-bond donors (Lipinski definition) is 2. The van der Waals surface area contributed by atoms with Crippen LogP contribution in [0.5, 0.6) is 0 Å². The van der Waals surface area contributed by atoms with Crippen LogP contribution in [0.3, 0.4) is 0 Å². The lowest BCUT2D eigenvalue weighted by Gasteiger charge is -2.22. The minimum Gasteiger partial charge on any atom is -0.480 e. The molecule has 146 valence electrons. The van der Waals surface area contributed by atoms with Gasteiger partial charge >= 0.3 is 5.97 Å². The van der Waals surface area contributed by atoms with Crippen molar-refractivity contribution in [3.63, 3.8) is 0 Å². The highest BCUT2D eigenvalue weighted by atomic mass is 16.4. The van der Waals surface area contributed by atoms with Gasteiger partial charge in [-0.3, -0.25) is 14.4 Å². The topological polar surface area (TPSA) is 89.9 Å². The molecule has 28 heavy (non-hydrogen) atoms.